The molecule has 7 atom stereocenters. The summed E-state index contributed by atoms with van der Waals surface area (Å²) in [6.45, 7) is 8.66. The molecular formula is C20H34O6. The lowest BCUT2D eigenvalue weighted by Gasteiger charge is -2.30. The number of epoxide rings is 1. The Balaban J connectivity index is 2.17. The van der Waals surface area contributed by atoms with Crippen molar-refractivity contribution < 1.29 is 30.6 Å². The number of carbonyl (C=O) groups excluding carboxylic acids is 2. The molecule has 0 bridgehead atoms. The molecule has 0 spiro atoms. The van der Waals surface area contributed by atoms with Gasteiger partial charge < -0.3 is 19.7 Å². The minimum Gasteiger partial charge on any atom is -0.462 e. The summed E-state index contributed by atoms with van der Waals surface area (Å²) in [4.78, 5) is 24.9. The molecule has 0 amide bonds. The molecule has 0 aliphatic carbocycles. The summed E-state index contributed by atoms with van der Waals surface area (Å²) in [6.07, 6.45) is -1.51. The molecule has 2 aliphatic rings. The van der Waals surface area contributed by atoms with E-state index >= 15 is 0 Å². The van der Waals surface area contributed by atoms with Crippen LogP contribution in [0.3, 0.4) is 0 Å². The van der Waals surface area contributed by atoms with Crippen molar-refractivity contribution in [3.8, 4) is 0 Å². The normalized spacial score (nSPS) is 46.0. The van der Waals surface area contributed by atoms with E-state index in [9.17, 15) is 19.8 Å². The predicted molar refractivity (Wildman–Crippen MR) is 96.5 cm³/mol. The lowest BCUT2D eigenvalue weighted by molar-refractivity contribution is -0.154. The molecule has 3 unspecified atom stereocenters. The van der Waals surface area contributed by atoms with Gasteiger partial charge in [0.05, 0.1) is 30.3 Å². The second kappa shape index (κ2) is 7.95. The number of carbonyl (C=O) groups is 2. The van der Waals surface area contributed by atoms with Crippen molar-refractivity contribution in [2.75, 3.05) is 0 Å². The smallest absolute Gasteiger partial charge is 0.308 e. The van der Waals surface area contributed by atoms with Gasteiger partial charge in [-0.05, 0) is 32.6 Å². The van der Waals surface area contributed by atoms with Crippen molar-refractivity contribution in [1.82, 2.24) is 0 Å². The van der Waals surface area contributed by atoms with Gasteiger partial charge in [-0.15, -0.1) is 0 Å². The topological polar surface area (TPSA) is 96.4 Å². The first-order chi connectivity index (χ1) is 12.4. The van der Waals surface area contributed by atoms with Gasteiger partial charge in [-0.2, -0.15) is 0 Å². The lowest BCUT2D eigenvalue weighted by atomic mass is 9.77. The molecule has 0 aromatic carbocycles. The summed E-state index contributed by atoms with van der Waals surface area (Å²) in [5.74, 6) is -1.37. The number of esters is 1. The van der Waals surface area contributed by atoms with Crippen LogP contribution in [0.2, 0.25) is 0 Å². The Morgan fingerprint density at radius 2 is 1.85 bits per heavy atom. The van der Waals surface area contributed by atoms with Crippen LogP contribution in [0.15, 0.2) is 0 Å². The first-order valence-corrected chi connectivity index (χ1v) is 9.58. The van der Waals surface area contributed by atoms with Crippen LogP contribution in [0.1, 0.15) is 74.5 Å². The first-order valence-electron chi connectivity index (χ1n) is 10.2. The highest BCUT2D eigenvalue weighted by atomic mass is 16.6. The number of aliphatic hydroxyl groups excluding tert-OH is 2. The van der Waals surface area contributed by atoms with Crippen LogP contribution in [0.4, 0.5) is 0 Å². The molecule has 6 nitrogen and oxygen atoms in total. The summed E-state index contributed by atoms with van der Waals surface area (Å²) in [5, 5.41) is 20.9. The molecule has 2 heterocycles. The summed E-state index contributed by atoms with van der Waals surface area (Å²) >= 11 is 0. The highest BCUT2D eigenvalue weighted by Crippen LogP contribution is 2.44. The Bertz CT molecular complexity index is 565. The zero-order valence-corrected chi connectivity index (χ0v) is 16.5. The SMILES string of the molecule is [3H]C1C(=O)C(C)(C)[C@@H](O)CC(=O)O[C@H](C)CC2O[C@]2(C)CCC[C@H](C)C1O. The average molecular weight is 372 g/mol. The van der Waals surface area contributed by atoms with E-state index in [1.165, 1.54) is 13.8 Å². The molecule has 2 aliphatic heterocycles. The van der Waals surface area contributed by atoms with Gasteiger partial charge in [-0.25, -0.2) is 0 Å². The molecular weight excluding hydrogens is 336 g/mol. The number of Topliss-reactive ketones (excluding diaryl/α,β-unsaturated/α-hetero) is 1. The highest BCUT2D eigenvalue weighted by Gasteiger charge is 2.52. The van der Waals surface area contributed by atoms with Gasteiger partial charge in [0.2, 0.25) is 0 Å². The van der Waals surface area contributed by atoms with Crippen LogP contribution in [0.25, 0.3) is 0 Å². The number of hydrogen-bond acceptors (Lipinski definition) is 6. The van der Waals surface area contributed by atoms with Crippen LogP contribution in [0.5, 0.6) is 0 Å². The maximum atomic E-state index is 12.7. The highest BCUT2D eigenvalue weighted by molar-refractivity contribution is 5.86. The fourth-order valence-electron chi connectivity index (χ4n) is 3.49. The van der Waals surface area contributed by atoms with Crippen molar-refractivity contribution in [3.63, 3.8) is 0 Å². The Labute approximate surface area is 157 Å². The van der Waals surface area contributed by atoms with Gasteiger partial charge >= 0.3 is 5.97 Å². The molecule has 0 saturated carbocycles. The molecule has 6 heteroatoms. The molecule has 2 rings (SSSR count). The number of ketones is 1. The van der Waals surface area contributed by atoms with E-state index in [2.05, 4.69) is 0 Å². The van der Waals surface area contributed by atoms with Crippen LogP contribution in [-0.4, -0.2) is 52.0 Å². The van der Waals surface area contributed by atoms with Gasteiger partial charge in [0.1, 0.15) is 11.9 Å². The maximum absolute atomic E-state index is 12.7. The number of rotatable bonds is 0. The predicted octanol–water partition coefficient (Wildman–Crippen LogP) is 2.38. The molecule has 2 N–H and O–H groups in total. The van der Waals surface area contributed by atoms with Crippen molar-refractivity contribution >= 4 is 11.8 Å². The van der Waals surface area contributed by atoms with Crippen molar-refractivity contribution in [2.24, 2.45) is 11.3 Å². The van der Waals surface area contributed by atoms with E-state index in [1.807, 2.05) is 13.8 Å². The van der Waals surface area contributed by atoms with E-state index < -0.39 is 35.8 Å². The maximum Gasteiger partial charge on any atom is 0.308 e. The minimum atomic E-state index is -1.37. The number of cyclic esters (lactones) is 1. The molecule has 150 valence electrons. The van der Waals surface area contributed by atoms with Crippen molar-refractivity contribution in [1.29, 1.82) is 0 Å². The summed E-state index contributed by atoms with van der Waals surface area (Å²) in [7, 11) is 0. The summed E-state index contributed by atoms with van der Waals surface area (Å²) < 4.78 is 19.4. The molecule has 26 heavy (non-hydrogen) atoms. The van der Waals surface area contributed by atoms with E-state index in [0.717, 1.165) is 12.8 Å². The number of ether oxygens (including phenoxy) is 2. The fourth-order valence-corrected chi connectivity index (χ4v) is 3.49. The largest absolute Gasteiger partial charge is 0.462 e. The van der Waals surface area contributed by atoms with Gasteiger partial charge in [0, 0.05) is 19.6 Å². The zero-order chi connectivity index (χ0) is 20.6. The Hall–Kier alpha value is -0.980. The van der Waals surface area contributed by atoms with Gasteiger partial charge in [-0.1, -0.05) is 27.2 Å². The minimum absolute atomic E-state index is 0.0281. The van der Waals surface area contributed by atoms with Crippen LogP contribution in [-0.2, 0) is 19.1 Å². The Morgan fingerprint density at radius 3 is 2.50 bits per heavy atom. The third-order valence-electron chi connectivity index (χ3n) is 5.98. The molecule has 0 radical (unpaired) electrons. The molecule has 0 aromatic rings. The summed E-state index contributed by atoms with van der Waals surface area (Å²) in [5.41, 5.74) is -1.58. The Kier molecular flexibility index (Phi) is 6.04. The zero-order valence-electron chi connectivity index (χ0n) is 17.5. The van der Waals surface area contributed by atoms with Crippen LogP contribution in [0, 0.1) is 11.3 Å². The second-order valence-electron chi connectivity index (χ2n) is 8.79. The monoisotopic (exact) mass is 372 g/mol. The molecule has 2 saturated heterocycles. The van der Waals surface area contributed by atoms with Crippen molar-refractivity contribution in [2.45, 2.75) is 103 Å². The number of aliphatic hydroxyl groups is 2. The van der Waals surface area contributed by atoms with E-state index in [4.69, 9.17) is 10.8 Å². The number of hydrogen-bond donors (Lipinski definition) is 2. The quantitative estimate of drug-likeness (QED) is 0.501. The van der Waals surface area contributed by atoms with Gasteiger partial charge in [0.15, 0.2) is 0 Å². The van der Waals surface area contributed by atoms with Crippen LogP contribution >= 0.6 is 0 Å². The van der Waals surface area contributed by atoms with Crippen molar-refractivity contribution in [3.05, 3.63) is 0 Å². The van der Waals surface area contributed by atoms with Gasteiger partial charge in [0.25, 0.3) is 0 Å². The third-order valence-corrected chi connectivity index (χ3v) is 5.98. The standard InChI is InChI=1S/C20H34O6/c1-12-7-6-8-20(5)17(26-20)9-13(2)25-18(24)11-16(23)19(3,4)15(22)10-14(12)21/h12-14,16-17,21,23H,6-11H2,1-5H3/t12-,13+,14?,16-,17?,20+/m0/s1/i10T/t10?,12-,13+,14?,16-,17?,20+. The fraction of sp³-hybridized carbons (Fsp3) is 0.900. The van der Waals surface area contributed by atoms with E-state index in [0.29, 0.717) is 12.8 Å². The molecule has 0 aromatic heterocycles. The second-order valence-corrected chi connectivity index (χ2v) is 8.79. The average Bonchev–Trinajstić information content (AvgIpc) is 3.20. The summed E-state index contributed by atoms with van der Waals surface area (Å²) in [6, 6.07) is 0. The lowest BCUT2D eigenvalue weighted by Crippen LogP contribution is -2.41. The third kappa shape index (κ3) is 5.05. The van der Waals surface area contributed by atoms with E-state index in [1.54, 1.807) is 6.92 Å². The van der Waals surface area contributed by atoms with E-state index in [-0.39, 0.29) is 30.1 Å². The Morgan fingerprint density at radius 1 is 1.19 bits per heavy atom. The first kappa shape index (κ1) is 19.8. The van der Waals surface area contributed by atoms with Crippen LogP contribution < -0.4 is 0 Å². The number of fused-ring (bicyclic) bond motifs is 1. The molecule has 2 fully saturated rings. The van der Waals surface area contributed by atoms with Gasteiger partial charge in [-0.3, -0.25) is 9.59 Å².